The molecule has 0 radical (unpaired) electrons. The molecule has 0 saturated carbocycles. The Labute approximate surface area is 156 Å². The zero-order chi connectivity index (χ0) is 19.0. The molecule has 0 aliphatic carbocycles. The van der Waals surface area contributed by atoms with Crippen LogP contribution in [0.1, 0.15) is 24.7 Å². The maximum Gasteiger partial charge on any atom is 0.326 e. The van der Waals surface area contributed by atoms with Gasteiger partial charge in [-0.3, -0.25) is 4.90 Å². The number of nitrogens with one attached hydrogen (secondary N) is 1. The SMILES string of the molecule is Cc1onc(-c2ccccc2)c1NC(=O)N1c2ccc(F)cc2CCC1C. The number of hydrogen-bond acceptors (Lipinski definition) is 3. The van der Waals surface area contributed by atoms with E-state index in [1.807, 2.05) is 37.3 Å². The predicted octanol–water partition coefficient (Wildman–Crippen LogP) is 5.16. The monoisotopic (exact) mass is 365 g/mol. The number of rotatable bonds is 2. The first-order chi connectivity index (χ1) is 13.0. The number of hydrogen-bond donors (Lipinski definition) is 1. The summed E-state index contributed by atoms with van der Waals surface area (Å²) in [6.07, 6.45) is 1.53. The van der Waals surface area contributed by atoms with Crippen LogP contribution in [0.2, 0.25) is 0 Å². The van der Waals surface area contributed by atoms with Gasteiger partial charge in [0, 0.05) is 17.3 Å². The lowest BCUT2D eigenvalue weighted by atomic mass is 9.97. The van der Waals surface area contributed by atoms with Gasteiger partial charge in [0.25, 0.3) is 0 Å². The minimum atomic E-state index is -0.287. The number of nitrogens with zero attached hydrogens (tertiary/aromatic N) is 2. The molecule has 1 unspecified atom stereocenters. The lowest BCUT2D eigenvalue weighted by Gasteiger charge is -2.35. The molecule has 0 bridgehead atoms. The van der Waals surface area contributed by atoms with Gasteiger partial charge in [-0.05, 0) is 50.5 Å². The van der Waals surface area contributed by atoms with Crippen LogP contribution >= 0.6 is 0 Å². The molecule has 1 aromatic heterocycles. The highest BCUT2D eigenvalue weighted by molar-refractivity contribution is 6.05. The van der Waals surface area contributed by atoms with Gasteiger partial charge in [0.05, 0.1) is 0 Å². The van der Waals surface area contributed by atoms with E-state index in [1.54, 1.807) is 17.9 Å². The molecule has 2 aromatic carbocycles. The molecule has 1 atom stereocenters. The average Bonchev–Trinajstić information content (AvgIpc) is 3.03. The number of aryl methyl sites for hydroxylation is 2. The van der Waals surface area contributed by atoms with Crippen molar-refractivity contribution in [3.8, 4) is 11.3 Å². The Morgan fingerprint density at radius 3 is 2.81 bits per heavy atom. The first-order valence-electron chi connectivity index (χ1n) is 8.95. The standard InChI is InChI=1S/C21H20FN3O2/c1-13-8-9-16-12-17(22)10-11-18(16)25(13)21(26)23-19-14(2)27-24-20(19)15-6-4-3-5-7-15/h3-7,10-13H,8-9H2,1-2H3,(H,23,26). The Hall–Kier alpha value is -3.15. The summed E-state index contributed by atoms with van der Waals surface area (Å²) in [7, 11) is 0. The first-order valence-corrected chi connectivity index (χ1v) is 8.95. The van der Waals surface area contributed by atoms with Crippen molar-refractivity contribution in [1.82, 2.24) is 5.16 Å². The third-order valence-electron chi connectivity index (χ3n) is 4.93. The Balaban J connectivity index is 1.67. The molecular formula is C21H20FN3O2. The van der Waals surface area contributed by atoms with E-state index in [0.717, 1.165) is 29.7 Å². The van der Waals surface area contributed by atoms with Gasteiger partial charge in [0.2, 0.25) is 0 Å². The number of anilines is 2. The molecule has 138 valence electrons. The lowest BCUT2D eigenvalue weighted by molar-refractivity contribution is 0.254. The van der Waals surface area contributed by atoms with Crippen molar-refractivity contribution in [3.05, 3.63) is 65.7 Å². The second-order valence-corrected chi connectivity index (χ2v) is 6.79. The molecule has 1 N–H and O–H groups in total. The van der Waals surface area contributed by atoms with E-state index in [1.165, 1.54) is 12.1 Å². The van der Waals surface area contributed by atoms with Crippen molar-refractivity contribution < 1.29 is 13.7 Å². The van der Waals surface area contributed by atoms with Gasteiger partial charge in [-0.2, -0.15) is 0 Å². The normalized spacial score (nSPS) is 16.1. The smallest absolute Gasteiger partial charge is 0.326 e. The Morgan fingerprint density at radius 2 is 2.04 bits per heavy atom. The van der Waals surface area contributed by atoms with Crippen molar-refractivity contribution in [2.75, 3.05) is 10.2 Å². The summed E-state index contributed by atoms with van der Waals surface area (Å²) < 4.78 is 18.9. The molecular weight excluding hydrogens is 345 g/mol. The molecule has 1 aliphatic rings. The van der Waals surface area contributed by atoms with Gasteiger partial charge in [0.15, 0.2) is 5.76 Å². The van der Waals surface area contributed by atoms with Gasteiger partial charge < -0.3 is 9.84 Å². The summed E-state index contributed by atoms with van der Waals surface area (Å²) in [5.74, 6) is 0.246. The molecule has 2 heterocycles. The maximum atomic E-state index is 13.6. The van der Waals surface area contributed by atoms with Gasteiger partial charge in [0.1, 0.15) is 17.2 Å². The van der Waals surface area contributed by atoms with Crippen molar-refractivity contribution in [2.24, 2.45) is 0 Å². The largest absolute Gasteiger partial charge is 0.359 e. The second-order valence-electron chi connectivity index (χ2n) is 6.79. The quantitative estimate of drug-likeness (QED) is 0.682. The molecule has 27 heavy (non-hydrogen) atoms. The summed E-state index contributed by atoms with van der Waals surface area (Å²) in [5.41, 5.74) is 3.58. The van der Waals surface area contributed by atoms with Crippen LogP contribution in [0.15, 0.2) is 53.1 Å². The van der Waals surface area contributed by atoms with Crippen molar-refractivity contribution in [1.29, 1.82) is 0 Å². The summed E-state index contributed by atoms with van der Waals surface area (Å²) in [4.78, 5) is 14.8. The fourth-order valence-corrected chi connectivity index (χ4v) is 3.51. The number of aromatic nitrogens is 1. The van der Waals surface area contributed by atoms with E-state index in [-0.39, 0.29) is 17.9 Å². The number of urea groups is 1. The van der Waals surface area contributed by atoms with E-state index in [4.69, 9.17) is 4.52 Å². The number of benzene rings is 2. The molecule has 0 fully saturated rings. The number of fused-ring (bicyclic) bond motifs is 1. The number of amides is 2. The zero-order valence-electron chi connectivity index (χ0n) is 15.2. The third-order valence-corrected chi connectivity index (χ3v) is 4.93. The molecule has 4 rings (SSSR count). The molecule has 0 saturated heterocycles. The lowest BCUT2D eigenvalue weighted by Crippen LogP contribution is -2.44. The fraction of sp³-hybridized carbons (Fsp3) is 0.238. The minimum absolute atomic E-state index is 0.00306. The van der Waals surface area contributed by atoms with Crippen molar-refractivity contribution in [3.63, 3.8) is 0 Å². The van der Waals surface area contributed by atoms with Crippen LogP contribution in [0.5, 0.6) is 0 Å². The van der Waals surface area contributed by atoms with Crippen LogP contribution in [0.3, 0.4) is 0 Å². The van der Waals surface area contributed by atoms with Crippen LogP contribution in [0.4, 0.5) is 20.6 Å². The summed E-state index contributed by atoms with van der Waals surface area (Å²) in [6.45, 7) is 3.75. The van der Waals surface area contributed by atoms with Crippen molar-refractivity contribution >= 4 is 17.4 Å². The number of carbonyl (C=O) groups is 1. The summed E-state index contributed by atoms with van der Waals surface area (Å²) in [6, 6.07) is 13.8. The third kappa shape index (κ3) is 3.18. The van der Waals surface area contributed by atoms with E-state index < -0.39 is 0 Å². The maximum absolute atomic E-state index is 13.6. The molecule has 6 heteroatoms. The van der Waals surface area contributed by atoms with E-state index >= 15 is 0 Å². The highest BCUT2D eigenvalue weighted by Crippen LogP contribution is 2.34. The van der Waals surface area contributed by atoms with Crippen LogP contribution in [-0.4, -0.2) is 17.2 Å². The topological polar surface area (TPSA) is 58.4 Å². The van der Waals surface area contributed by atoms with Crippen LogP contribution in [0, 0.1) is 12.7 Å². The Morgan fingerprint density at radius 1 is 1.26 bits per heavy atom. The molecule has 3 aromatic rings. The first kappa shape index (κ1) is 17.3. The van der Waals surface area contributed by atoms with E-state index in [2.05, 4.69) is 10.5 Å². The summed E-state index contributed by atoms with van der Waals surface area (Å²) in [5, 5.41) is 7.05. The second kappa shape index (κ2) is 6.87. The highest BCUT2D eigenvalue weighted by Gasteiger charge is 2.30. The van der Waals surface area contributed by atoms with E-state index in [0.29, 0.717) is 17.1 Å². The van der Waals surface area contributed by atoms with E-state index in [9.17, 15) is 9.18 Å². The highest BCUT2D eigenvalue weighted by atomic mass is 19.1. The van der Waals surface area contributed by atoms with Crippen molar-refractivity contribution in [2.45, 2.75) is 32.7 Å². The van der Waals surface area contributed by atoms with Crippen LogP contribution < -0.4 is 10.2 Å². The average molecular weight is 365 g/mol. The molecule has 5 nitrogen and oxygen atoms in total. The number of halogens is 1. The van der Waals surface area contributed by atoms with Gasteiger partial charge >= 0.3 is 6.03 Å². The fourth-order valence-electron chi connectivity index (χ4n) is 3.51. The molecule has 1 aliphatic heterocycles. The summed E-state index contributed by atoms with van der Waals surface area (Å²) >= 11 is 0. The predicted molar refractivity (Wildman–Crippen MR) is 102 cm³/mol. The van der Waals surface area contributed by atoms with Gasteiger partial charge in [-0.25, -0.2) is 9.18 Å². The molecule has 0 spiro atoms. The Kier molecular flexibility index (Phi) is 4.39. The van der Waals surface area contributed by atoms with Gasteiger partial charge in [-0.15, -0.1) is 0 Å². The van der Waals surface area contributed by atoms with Crippen LogP contribution in [0.25, 0.3) is 11.3 Å². The van der Waals surface area contributed by atoms with Gasteiger partial charge in [-0.1, -0.05) is 35.5 Å². The zero-order valence-corrected chi connectivity index (χ0v) is 15.2. The Bertz CT molecular complexity index is 984. The minimum Gasteiger partial charge on any atom is -0.359 e. The van der Waals surface area contributed by atoms with Crippen LogP contribution in [-0.2, 0) is 6.42 Å². The molecule has 2 amide bonds. The number of carbonyl (C=O) groups excluding carboxylic acids is 1.